The molecule has 5 heteroatoms. The van der Waals surface area contributed by atoms with Gasteiger partial charge in [-0.2, -0.15) is 0 Å². The highest BCUT2D eigenvalue weighted by Gasteiger charge is 2.16. The minimum absolute atomic E-state index is 0.0511. The third-order valence-electron chi connectivity index (χ3n) is 3.88. The molecule has 2 rings (SSSR count). The molecular formula is C19H26N4O. The van der Waals surface area contributed by atoms with Crippen molar-refractivity contribution >= 4 is 17.4 Å². The third-order valence-corrected chi connectivity index (χ3v) is 3.88. The molecular weight excluding hydrogens is 300 g/mol. The predicted molar refractivity (Wildman–Crippen MR) is 97.7 cm³/mol. The van der Waals surface area contributed by atoms with Gasteiger partial charge >= 0.3 is 0 Å². The molecule has 0 spiro atoms. The Labute approximate surface area is 144 Å². The van der Waals surface area contributed by atoms with E-state index in [-0.39, 0.29) is 5.91 Å². The Hall–Kier alpha value is -2.43. The van der Waals surface area contributed by atoms with Gasteiger partial charge in [-0.1, -0.05) is 32.0 Å². The van der Waals surface area contributed by atoms with Crippen LogP contribution in [0, 0.1) is 13.8 Å². The van der Waals surface area contributed by atoms with Crippen molar-refractivity contribution in [3.05, 3.63) is 47.4 Å². The summed E-state index contributed by atoms with van der Waals surface area (Å²) in [6, 6.07) is 6.13. The molecule has 0 unspecified atom stereocenters. The van der Waals surface area contributed by atoms with E-state index in [0.29, 0.717) is 11.5 Å². The van der Waals surface area contributed by atoms with Crippen LogP contribution < -0.4 is 5.32 Å². The molecule has 0 atom stereocenters. The van der Waals surface area contributed by atoms with Gasteiger partial charge in [0, 0.05) is 18.8 Å². The van der Waals surface area contributed by atoms with Gasteiger partial charge < -0.3 is 10.2 Å². The quantitative estimate of drug-likeness (QED) is 0.832. The largest absolute Gasteiger partial charge is 0.339 e. The van der Waals surface area contributed by atoms with Crippen LogP contribution in [-0.2, 0) is 0 Å². The summed E-state index contributed by atoms with van der Waals surface area (Å²) in [6.07, 6.45) is 5.04. The van der Waals surface area contributed by atoms with E-state index < -0.39 is 0 Å². The smallest absolute Gasteiger partial charge is 0.274 e. The lowest BCUT2D eigenvalue weighted by molar-refractivity contribution is 0.0749. The third kappa shape index (κ3) is 4.31. The number of aromatic nitrogens is 2. The summed E-state index contributed by atoms with van der Waals surface area (Å²) in [7, 11) is 0. The molecule has 0 bridgehead atoms. The van der Waals surface area contributed by atoms with Gasteiger partial charge in [0.25, 0.3) is 5.91 Å². The number of carbonyl (C=O) groups excluding carboxylic acids is 1. The molecule has 1 amide bonds. The lowest BCUT2D eigenvalue weighted by atomic mass is 10.1. The van der Waals surface area contributed by atoms with Crippen LogP contribution in [0.1, 0.15) is 48.3 Å². The summed E-state index contributed by atoms with van der Waals surface area (Å²) in [5.74, 6) is 0.589. The maximum Gasteiger partial charge on any atom is 0.274 e. The zero-order valence-electron chi connectivity index (χ0n) is 15.0. The number of amides is 1. The summed E-state index contributed by atoms with van der Waals surface area (Å²) in [6.45, 7) is 9.73. The minimum Gasteiger partial charge on any atom is -0.339 e. The van der Waals surface area contributed by atoms with E-state index in [4.69, 9.17) is 0 Å². The maximum atomic E-state index is 12.5. The molecule has 1 aromatic carbocycles. The first-order valence-electron chi connectivity index (χ1n) is 8.51. The molecule has 0 aliphatic carbocycles. The van der Waals surface area contributed by atoms with Crippen molar-refractivity contribution in [2.45, 2.75) is 40.5 Å². The second-order valence-corrected chi connectivity index (χ2v) is 5.97. The molecule has 5 nitrogen and oxygen atoms in total. The van der Waals surface area contributed by atoms with Gasteiger partial charge in [0.05, 0.1) is 12.4 Å². The van der Waals surface area contributed by atoms with E-state index in [1.54, 1.807) is 12.4 Å². The SMILES string of the molecule is CCCN(CCC)C(=O)c1cnc(Nc2c(C)cccc2C)cn1. The van der Waals surface area contributed by atoms with Crippen molar-refractivity contribution in [3.8, 4) is 0 Å². The van der Waals surface area contributed by atoms with Gasteiger partial charge in [0.2, 0.25) is 0 Å². The number of rotatable bonds is 7. The number of para-hydroxylation sites is 1. The molecule has 0 saturated heterocycles. The molecule has 2 aromatic rings. The second kappa shape index (κ2) is 8.43. The predicted octanol–water partition coefficient (Wildman–Crippen LogP) is 4.10. The van der Waals surface area contributed by atoms with E-state index in [0.717, 1.165) is 42.7 Å². The number of benzene rings is 1. The van der Waals surface area contributed by atoms with Crippen molar-refractivity contribution in [1.82, 2.24) is 14.9 Å². The lowest BCUT2D eigenvalue weighted by Gasteiger charge is -2.20. The summed E-state index contributed by atoms with van der Waals surface area (Å²) >= 11 is 0. The van der Waals surface area contributed by atoms with Crippen LogP contribution in [0.5, 0.6) is 0 Å². The monoisotopic (exact) mass is 326 g/mol. The molecule has 0 radical (unpaired) electrons. The average Bonchev–Trinajstić information content (AvgIpc) is 2.58. The molecule has 24 heavy (non-hydrogen) atoms. The van der Waals surface area contributed by atoms with E-state index >= 15 is 0 Å². The molecule has 0 aliphatic heterocycles. The fourth-order valence-electron chi connectivity index (χ4n) is 2.66. The van der Waals surface area contributed by atoms with E-state index in [9.17, 15) is 4.79 Å². The summed E-state index contributed by atoms with van der Waals surface area (Å²) in [5, 5.41) is 3.29. The highest BCUT2D eigenvalue weighted by molar-refractivity contribution is 5.92. The van der Waals surface area contributed by atoms with Crippen molar-refractivity contribution in [2.75, 3.05) is 18.4 Å². The topological polar surface area (TPSA) is 58.1 Å². The number of nitrogens with zero attached hydrogens (tertiary/aromatic N) is 3. The number of hydrogen-bond acceptors (Lipinski definition) is 4. The number of anilines is 2. The van der Waals surface area contributed by atoms with Crippen LogP contribution in [-0.4, -0.2) is 33.9 Å². The van der Waals surface area contributed by atoms with Gasteiger partial charge in [0.15, 0.2) is 0 Å². The van der Waals surface area contributed by atoms with Crippen LogP contribution in [0.15, 0.2) is 30.6 Å². The summed E-state index contributed by atoms with van der Waals surface area (Å²) in [5.41, 5.74) is 3.72. The van der Waals surface area contributed by atoms with Crippen LogP contribution in [0.4, 0.5) is 11.5 Å². The fourth-order valence-corrected chi connectivity index (χ4v) is 2.66. The van der Waals surface area contributed by atoms with E-state index in [1.807, 2.05) is 36.9 Å². The van der Waals surface area contributed by atoms with Crippen LogP contribution in [0.3, 0.4) is 0 Å². The van der Waals surface area contributed by atoms with Gasteiger partial charge in [-0.05, 0) is 37.8 Å². The van der Waals surface area contributed by atoms with Crippen LogP contribution >= 0.6 is 0 Å². The number of hydrogen-bond donors (Lipinski definition) is 1. The molecule has 0 saturated carbocycles. The van der Waals surface area contributed by atoms with Gasteiger partial charge in [-0.15, -0.1) is 0 Å². The number of nitrogens with one attached hydrogen (secondary N) is 1. The first-order chi connectivity index (χ1) is 11.6. The number of aryl methyl sites for hydroxylation is 2. The second-order valence-electron chi connectivity index (χ2n) is 5.97. The Morgan fingerprint density at radius 3 is 2.17 bits per heavy atom. The normalized spacial score (nSPS) is 10.5. The molecule has 1 heterocycles. The average molecular weight is 326 g/mol. The van der Waals surface area contributed by atoms with E-state index in [1.165, 1.54) is 0 Å². The highest BCUT2D eigenvalue weighted by atomic mass is 16.2. The Morgan fingerprint density at radius 1 is 1.04 bits per heavy atom. The Morgan fingerprint density at radius 2 is 1.67 bits per heavy atom. The zero-order chi connectivity index (χ0) is 17.5. The summed E-state index contributed by atoms with van der Waals surface area (Å²) in [4.78, 5) is 23.0. The summed E-state index contributed by atoms with van der Waals surface area (Å²) < 4.78 is 0. The van der Waals surface area contributed by atoms with E-state index in [2.05, 4.69) is 29.1 Å². The van der Waals surface area contributed by atoms with Gasteiger partial charge in [-0.3, -0.25) is 4.79 Å². The zero-order valence-corrected chi connectivity index (χ0v) is 15.0. The van der Waals surface area contributed by atoms with Gasteiger partial charge in [-0.25, -0.2) is 9.97 Å². The first-order valence-corrected chi connectivity index (χ1v) is 8.51. The van der Waals surface area contributed by atoms with Gasteiger partial charge in [0.1, 0.15) is 11.5 Å². The lowest BCUT2D eigenvalue weighted by Crippen LogP contribution is -2.33. The standard InChI is InChI=1S/C19H26N4O/c1-5-10-23(11-6-2)19(24)16-12-21-17(13-20-16)22-18-14(3)8-7-9-15(18)4/h7-9,12-13H,5-6,10-11H2,1-4H3,(H,21,22). The highest BCUT2D eigenvalue weighted by Crippen LogP contribution is 2.22. The molecule has 128 valence electrons. The van der Waals surface area contributed by atoms with Crippen LogP contribution in [0.2, 0.25) is 0 Å². The Bertz CT molecular complexity index is 656. The molecule has 0 fully saturated rings. The van der Waals surface area contributed by atoms with Crippen molar-refractivity contribution in [2.24, 2.45) is 0 Å². The first kappa shape index (κ1) is 17.9. The number of carbonyl (C=O) groups is 1. The molecule has 1 N–H and O–H groups in total. The maximum absolute atomic E-state index is 12.5. The molecule has 0 aliphatic rings. The Balaban J connectivity index is 2.14. The molecule has 1 aromatic heterocycles. The fraction of sp³-hybridized carbons (Fsp3) is 0.421. The Kier molecular flexibility index (Phi) is 6.29. The van der Waals surface area contributed by atoms with Crippen molar-refractivity contribution < 1.29 is 4.79 Å². The van der Waals surface area contributed by atoms with Crippen molar-refractivity contribution in [1.29, 1.82) is 0 Å². The van der Waals surface area contributed by atoms with Crippen LogP contribution in [0.25, 0.3) is 0 Å². The minimum atomic E-state index is -0.0511. The van der Waals surface area contributed by atoms with Crippen molar-refractivity contribution in [3.63, 3.8) is 0 Å².